The van der Waals surface area contributed by atoms with Crippen LogP contribution < -0.4 is 0 Å². The topological polar surface area (TPSA) is 45.6 Å². The Morgan fingerprint density at radius 1 is 1.42 bits per heavy atom. The van der Waals surface area contributed by atoms with Crippen LogP contribution in [-0.2, 0) is 4.74 Å². The molecule has 1 fully saturated rings. The molecule has 0 spiro atoms. The predicted molar refractivity (Wildman–Crippen MR) is 70.2 cm³/mol. The third kappa shape index (κ3) is 4.23. The van der Waals surface area contributed by atoms with Crippen molar-refractivity contribution < 1.29 is 14.2 Å². The van der Waals surface area contributed by atoms with Crippen LogP contribution >= 0.6 is 0 Å². The molecule has 4 nitrogen and oxygen atoms in total. The summed E-state index contributed by atoms with van der Waals surface area (Å²) in [5.74, 6) is -0.383. The van der Waals surface area contributed by atoms with Crippen molar-refractivity contribution in [1.29, 1.82) is 0 Å². The zero-order valence-corrected chi connectivity index (χ0v) is 11.4. The number of ether oxygens (including phenoxy) is 1. The van der Waals surface area contributed by atoms with E-state index < -0.39 is 6.10 Å². The SMILES string of the molecule is CC1CN(CCC(O)c2ccc(F)cn2)CC(C)O1. The minimum atomic E-state index is -0.644. The normalized spacial score (nSPS) is 26.3. The van der Waals surface area contributed by atoms with Gasteiger partial charge in [-0.25, -0.2) is 4.39 Å². The van der Waals surface area contributed by atoms with E-state index in [0.717, 1.165) is 25.8 Å². The van der Waals surface area contributed by atoms with Gasteiger partial charge < -0.3 is 9.84 Å². The van der Waals surface area contributed by atoms with Crippen molar-refractivity contribution in [3.8, 4) is 0 Å². The van der Waals surface area contributed by atoms with E-state index in [0.29, 0.717) is 12.1 Å². The lowest BCUT2D eigenvalue weighted by Gasteiger charge is -2.35. The van der Waals surface area contributed by atoms with E-state index in [4.69, 9.17) is 4.74 Å². The van der Waals surface area contributed by atoms with Gasteiger partial charge in [0.2, 0.25) is 0 Å². The van der Waals surface area contributed by atoms with Crippen molar-refractivity contribution >= 4 is 0 Å². The maximum atomic E-state index is 12.7. The van der Waals surface area contributed by atoms with Crippen LogP contribution in [0, 0.1) is 5.82 Å². The number of aromatic nitrogens is 1. The monoisotopic (exact) mass is 268 g/mol. The number of rotatable bonds is 4. The fourth-order valence-electron chi connectivity index (χ4n) is 2.50. The van der Waals surface area contributed by atoms with Gasteiger partial charge >= 0.3 is 0 Å². The second-order valence-electron chi connectivity index (χ2n) is 5.22. The summed E-state index contributed by atoms with van der Waals surface area (Å²) in [6.45, 7) is 6.67. The van der Waals surface area contributed by atoms with Crippen LogP contribution in [-0.4, -0.2) is 46.8 Å². The molecule has 1 aliphatic heterocycles. The molecule has 0 bridgehead atoms. The Hall–Kier alpha value is -1.04. The summed E-state index contributed by atoms with van der Waals surface area (Å²) < 4.78 is 18.4. The molecule has 0 radical (unpaired) electrons. The number of nitrogens with zero attached hydrogens (tertiary/aromatic N) is 2. The summed E-state index contributed by atoms with van der Waals surface area (Å²) in [5, 5.41) is 10.0. The number of morpholine rings is 1. The van der Waals surface area contributed by atoms with E-state index in [2.05, 4.69) is 23.7 Å². The smallest absolute Gasteiger partial charge is 0.141 e. The third-order valence-electron chi connectivity index (χ3n) is 3.31. The molecule has 0 aliphatic carbocycles. The first-order valence-corrected chi connectivity index (χ1v) is 6.72. The molecular weight excluding hydrogens is 247 g/mol. The molecule has 106 valence electrons. The lowest BCUT2D eigenvalue weighted by Crippen LogP contribution is -2.45. The summed E-state index contributed by atoms with van der Waals surface area (Å²) in [5.41, 5.74) is 0.524. The van der Waals surface area contributed by atoms with Crippen molar-refractivity contribution in [1.82, 2.24) is 9.88 Å². The average Bonchev–Trinajstić information content (AvgIpc) is 2.36. The van der Waals surface area contributed by atoms with Gasteiger partial charge in [-0.2, -0.15) is 0 Å². The molecule has 2 rings (SSSR count). The largest absolute Gasteiger partial charge is 0.387 e. The number of halogens is 1. The van der Waals surface area contributed by atoms with Gasteiger partial charge in [0.05, 0.1) is 30.2 Å². The van der Waals surface area contributed by atoms with Gasteiger partial charge in [-0.1, -0.05) is 0 Å². The van der Waals surface area contributed by atoms with Crippen LogP contribution in [0.4, 0.5) is 4.39 Å². The first-order chi connectivity index (χ1) is 9.04. The minimum Gasteiger partial charge on any atom is -0.387 e. The first kappa shape index (κ1) is 14.4. The van der Waals surface area contributed by atoms with Crippen molar-refractivity contribution in [2.24, 2.45) is 0 Å². The Bertz CT molecular complexity index is 389. The molecule has 1 saturated heterocycles. The van der Waals surface area contributed by atoms with E-state index in [1.807, 2.05) is 0 Å². The molecule has 1 N–H and O–H groups in total. The van der Waals surface area contributed by atoms with Crippen LogP contribution in [0.1, 0.15) is 32.1 Å². The fraction of sp³-hybridized carbons (Fsp3) is 0.643. The first-order valence-electron chi connectivity index (χ1n) is 6.72. The Kier molecular flexibility index (Phi) is 4.85. The van der Waals surface area contributed by atoms with Crippen molar-refractivity contribution in [2.75, 3.05) is 19.6 Å². The molecule has 3 unspecified atom stereocenters. The second kappa shape index (κ2) is 6.41. The molecule has 0 aromatic carbocycles. The Morgan fingerprint density at radius 3 is 2.68 bits per heavy atom. The molecule has 2 heterocycles. The Morgan fingerprint density at radius 2 is 2.11 bits per heavy atom. The van der Waals surface area contributed by atoms with E-state index in [-0.39, 0.29) is 18.0 Å². The number of aliphatic hydroxyl groups is 1. The summed E-state index contributed by atoms with van der Waals surface area (Å²) in [7, 11) is 0. The van der Waals surface area contributed by atoms with Gasteiger partial charge in [-0.3, -0.25) is 9.88 Å². The second-order valence-corrected chi connectivity index (χ2v) is 5.22. The Balaban J connectivity index is 1.83. The van der Waals surface area contributed by atoms with Gasteiger partial charge in [0.15, 0.2) is 0 Å². The summed E-state index contributed by atoms with van der Waals surface area (Å²) in [6, 6.07) is 2.86. The molecule has 0 saturated carbocycles. The molecule has 19 heavy (non-hydrogen) atoms. The average molecular weight is 268 g/mol. The molecule has 1 aromatic heterocycles. The lowest BCUT2D eigenvalue weighted by molar-refractivity contribution is -0.0703. The quantitative estimate of drug-likeness (QED) is 0.903. The zero-order chi connectivity index (χ0) is 13.8. The molecule has 0 amide bonds. The predicted octanol–water partition coefficient (Wildman–Crippen LogP) is 1.75. The number of pyridine rings is 1. The highest BCUT2D eigenvalue weighted by atomic mass is 19.1. The highest BCUT2D eigenvalue weighted by Gasteiger charge is 2.22. The number of aliphatic hydroxyl groups excluding tert-OH is 1. The summed E-state index contributed by atoms with van der Waals surface area (Å²) in [4.78, 5) is 6.19. The van der Waals surface area contributed by atoms with Crippen LogP contribution in [0.2, 0.25) is 0 Å². The van der Waals surface area contributed by atoms with Gasteiger partial charge in [0.25, 0.3) is 0 Å². The van der Waals surface area contributed by atoms with E-state index in [1.54, 1.807) is 0 Å². The number of hydrogen-bond donors (Lipinski definition) is 1. The van der Waals surface area contributed by atoms with Crippen molar-refractivity contribution in [3.63, 3.8) is 0 Å². The molecular formula is C14H21FN2O2. The number of hydrogen-bond acceptors (Lipinski definition) is 4. The highest BCUT2D eigenvalue weighted by Crippen LogP contribution is 2.17. The van der Waals surface area contributed by atoms with Gasteiger partial charge in [0, 0.05) is 19.6 Å². The molecule has 1 aliphatic rings. The summed E-state index contributed by atoms with van der Waals surface area (Å²) >= 11 is 0. The van der Waals surface area contributed by atoms with E-state index in [1.165, 1.54) is 12.1 Å². The lowest BCUT2D eigenvalue weighted by atomic mass is 10.1. The molecule has 1 aromatic rings. The molecule has 5 heteroatoms. The van der Waals surface area contributed by atoms with Gasteiger partial charge in [-0.15, -0.1) is 0 Å². The maximum Gasteiger partial charge on any atom is 0.141 e. The van der Waals surface area contributed by atoms with Crippen molar-refractivity contribution in [3.05, 3.63) is 29.8 Å². The van der Waals surface area contributed by atoms with Crippen LogP contribution in [0.25, 0.3) is 0 Å². The van der Waals surface area contributed by atoms with Gasteiger partial charge in [-0.05, 0) is 32.4 Å². The van der Waals surface area contributed by atoms with E-state index >= 15 is 0 Å². The van der Waals surface area contributed by atoms with Crippen molar-refractivity contribution in [2.45, 2.75) is 38.6 Å². The van der Waals surface area contributed by atoms with Gasteiger partial charge in [0.1, 0.15) is 5.82 Å². The summed E-state index contributed by atoms with van der Waals surface area (Å²) in [6.07, 6.45) is 1.54. The highest BCUT2D eigenvalue weighted by molar-refractivity contribution is 5.07. The van der Waals surface area contributed by atoms with E-state index in [9.17, 15) is 9.50 Å². The minimum absolute atomic E-state index is 0.227. The zero-order valence-electron chi connectivity index (χ0n) is 11.4. The third-order valence-corrected chi connectivity index (χ3v) is 3.31. The standard InChI is InChI=1S/C14H21FN2O2/c1-10-8-17(9-11(2)19-10)6-5-14(18)13-4-3-12(15)7-16-13/h3-4,7,10-11,14,18H,5-6,8-9H2,1-2H3. The van der Waals surface area contributed by atoms with Crippen LogP contribution in [0.5, 0.6) is 0 Å². The fourth-order valence-corrected chi connectivity index (χ4v) is 2.50. The Labute approximate surface area is 113 Å². The maximum absolute atomic E-state index is 12.7. The van der Waals surface area contributed by atoms with Crippen LogP contribution in [0.3, 0.4) is 0 Å². The molecule has 3 atom stereocenters. The van der Waals surface area contributed by atoms with Crippen LogP contribution in [0.15, 0.2) is 18.3 Å².